The van der Waals surface area contributed by atoms with E-state index in [1.807, 2.05) is 0 Å². The molecule has 0 aromatic heterocycles. The van der Waals surface area contributed by atoms with Gasteiger partial charge in [0.05, 0.1) is 0 Å². The fraction of sp³-hybridized carbons (Fsp3) is 0.613. The molecule has 2 rings (SSSR count). The summed E-state index contributed by atoms with van der Waals surface area (Å²) < 4.78 is 0. The lowest BCUT2D eigenvalue weighted by molar-refractivity contribution is 0.561. The van der Waals surface area contributed by atoms with Crippen molar-refractivity contribution in [3.05, 3.63) is 68.8 Å². The summed E-state index contributed by atoms with van der Waals surface area (Å²) in [7, 11) is 0. The van der Waals surface area contributed by atoms with E-state index in [1.165, 1.54) is 44.5 Å². The molecule has 0 fully saturated rings. The molecule has 0 aliphatic carbocycles. The van der Waals surface area contributed by atoms with Crippen LogP contribution in [-0.4, -0.2) is 0 Å². The maximum absolute atomic E-state index is 3.84. The molecule has 0 bridgehead atoms. The van der Waals surface area contributed by atoms with E-state index in [0.29, 0.717) is 0 Å². The molecule has 0 aliphatic heterocycles. The summed E-state index contributed by atoms with van der Waals surface area (Å²) in [6, 6.07) is 12.5. The standard InChI is InChI=1S/C31H46/c1-20-22(16-24(28(3,4)5)18-26(20)30(9,10)11)15-23-17-25(29(6,7)8)19-27(21(23)2)31(12,13)14/h18-19H,15H2,1-14H3. The van der Waals surface area contributed by atoms with Gasteiger partial charge < -0.3 is 0 Å². The number of hydrogen-bond acceptors (Lipinski definition) is 0. The van der Waals surface area contributed by atoms with Crippen molar-refractivity contribution in [2.24, 2.45) is 0 Å². The molecule has 0 nitrogen and oxygen atoms in total. The second-order valence-corrected chi connectivity index (χ2v) is 13.6. The van der Waals surface area contributed by atoms with Gasteiger partial charge in [0, 0.05) is 0 Å². The van der Waals surface area contributed by atoms with Crippen LogP contribution >= 0.6 is 0 Å². The van der Waals surface area contributed by atoms with Crippen LogP contribution in [0.1, 0.15) is 128 Å². The third-order valence-corrected chi connectivity index (χ3v) is 6.45. The van der Waals surface area contributed by atoms with Gasteiger partial charge in [-0.1, -0.05) is 95.2 Å². The average molecular weight is 419 g/mol. The van der Waals surface area contributed by atoms with Gasteiger partial charge in [0.25, 0.3) is 0 Å². The van der Waals surface area contributed by atoms with Crippen molar-refractivity contribution >= 4 is 0 Å². The first-order valence-electron chi connectivity index (χ1n) is 11.9. The van der Waals surface area contributed by atoms with Gasteiger partial charge in [-0.05, 0) is 98.6 Å². The highest BCUT2D eigenvalue weighted by molar-refractivity contribution is 5.49. The van der Waals surface area contributed by atoms with Gasteiger partial charge >= 0.3 is 0 Å². The smallest absolute Gasteiger partial charge is 0.000777 e. The Morgan fingerprint density at radius 3 is 1.03 bits per heavy atom. The fourth-order valence-electron chi connectivity index (χ4n) is 4.31. The van der Waals surface area contributed by atoms with E-state index in [-0.39, 0.29) is 21.7 Å². The molecule has 2 aromatic rings. The van der Waals surface area contributed by atoms with Crippen LogP contribution in [0.2, 0.25) is 0 Å². The Morgan fingerprint density at radius 1 is 0.516 bits per heavy atom. The van der Waals surface area contributed by atoms with Crippen LogP contribution in [0.15, 0.2) is 12.1 Å². The molecule has 0 amide bonds. The summed E-state index contributed by atoms with van der Waals surface area (Å²) in [6.07, 6.45) is 0.887. The highest BCUT2D eigenvalue weighted by Gasteiger charge is 2.26. The molecule has 0 unspecified atom stereocenters. The van der Waals surface area contributed by atoms with E-state index < -0.39 is 0 Å². The van der Waals surface area contributed by atoms with E-state index in [4.69, 9.17) is 0 Å². The first-order chi connectivity index (χ1) is 13.7. The average Bonchev–Trinajstić information content (AvgIpc) is 2.53. The third-order valence-electron chi connectivity index (χ3n) is 6.45. The maximum atomic E-state index is 3.84. The quantitative estimate of drug-likeness (QED) is 0.457. The van der Waals surface area contributed by atoms with Gasteiger partial charge in [0.2, 0.25) is 0 Å². The van der Waals surface area contributed by atoms with E-state index in [1.54, 1.807) is 0 Å². The van der Waals surface area contributed by atoms with Gasteiger partial charge in [-0.15, -0.1) is 0 Å². The lowest BCUT2D eigenvalue weighted by atomic mass is 9.74. The zero-order valence-corrected chi connectivity index (χ0v) is 22.9. The fourth-order valence-corrected chi connectivity index (χ4v) is 4.31. The van der Waals surface area contributed by atoms with Crippen molar-refractivity contribution < 1.29 is 0 Å². The predicted molar refractivity (Wildman–Crippen MR) is 138 cm³/mol. The predicted octanol–water partition coefficient (Wildman–Crippen LogP) is 8.68. The Hall–Kier alpha value is -1.56. The summed E-state index contributed by atoms with van der Waals surface area (Å²) in [6.45, 7) is 32.2. The summed E-state index contributed by atoms with van der Waals surface area (Å²) in [4.78, 5) is 0. The van der Waals surface area contributed by atoms with Crippen molar-refractivity contribution in [3.8, 4) is 0 Å². The highest BCUT2D eigenvalue weighted by atomic mass is 14.3. The van der Waals surface area contributed by atoms with Crippen molar-refractivity contribution in [3.63, 3.8) is 0 Å². The third kappa shape index (κ3) is 5.82. The molecule has 0 heterocycles. The molecule has 0 N–H and O–H groups in total. The monoisotopic (exact) mass is 418 g/mol. The first-order valence-corrected chi connectivity index (χ1v) is 11.9. The molecule has 2 aromatic carbocycles. The second-order valence-electron chi connectivity index (χ2n) is 13.6. The Bertz CT molecular complexity index is 862. The van der Waals surface area contributed by atoms with Crippen LogP contribution in [0.3, 0.4) is 0 Å². The zero-order valence-electron chi connectivity index (χ0n) is 22.9. The van der Waals surface area contributed by atoms with Gasteiger partial charge in [0.15, 0.2) is 0 Å². The maximum Gasteiger partial charge on any atom is -0.000777 e. The summed E-state index contributed by atoms with van der Waals surface area (Å²) in [5.41, 5.74) is 11.3. The molecular weight excluding hydrogens is 372 g/mol. The summed E-state index contributed by atoms with van der Waals surface area (Å²) >= 11 is 0. The summed E-state index contributed by atoms with van der Waals surface area (Å²) in [5, 5.41) is 0. The minimum atomic E-state index is 0.0744. The van der Waals surface area contributed by atoms with Crippen molar-refractivity contribution in [2.75, 3.05) is 0 Å². The Morgan fingerprint density at radius 2 is 0.806 bits per heavy atom. The minimum absolute atomic E-state index is 0.0744. The van der Waals surface area contributed by atoms with Gasteiger partial charge in [0.1, 0.15) is 0 Å². The topological polar surface area (TPSA) is 0 Å². The van der Waals surface area contributed by atoms with Gasteiger partial charge in [-0.2, -0.15) is 0 Å². The molecular formula is C31H46. The number of benzene rings is 2. The van der Waals surface area contributed by atoms with Crippen LogP contribution in [0.4, 0.5) is 0 Å². The molecule has 0 heteroatoms. The van der Waals surface area contributed by atoms with E-state index in [2.05, 4.69) is 121 Å². The Labute approximate surface area is 193 Å². The first kappa shape index (κ1) is 25.7. The lowest BCUT2D eigenvalue weighted by Crippen LogP contribution is -2.21. The molecule has 0 saturated carbocycles. The van der Waals surface area contributed by atoms with Crippen LogP contribution in [0.5, 0.6) is 0 Å². The molecule has 170 valence electrons. The van der Waals surface area contributed by atoms with Crippen molar-refractivity contribution in [1.29, 1.82) is 0 Å². The van der Waals surface area contributed by atoms with E-state index in [9.17, 15) is 0 Å². The van der Waals surface area contributed by atoms with Crippen LogP contribution in [0.25, 0.3) is 0 Å². The molecule has 0 atom stereocenters. The summed E-state index contributed by atoms with van der Waals surface area (Å²) in [5.74, 6) is 0. The van der Waals surface area contributed by atoms with E-state index >= 15 is 0 Å². The highest BCUT2D eigenvalue weighted by Crippen LogP contribution is 2.37. The number of rotatable bonds is 2. The Balaban J connectivity index is 2.78. The van der Waals surface area contributed by atoms with Gasteiger partial charge in [-0.3, -0.25) is 0 Å². The normalized spacial score (nSPS) is 13.6. The Kier molecular flexibility index (Phi) is 6.71. The van der Waals surface area contributed by atoms with Crippen LogP contribution in [0, 0.1) is 26.0 Å². The van der Waals surface area contributed by atoms with Crippen molar-refractivity contribution in [1.82, 2.24) is 0 Å². The minimum Gasteiger partial charge on any atom is -0.0561 e. The molecule has 0 saturated heterocycles. The van der Waals surface area contributed by atoms with Crippen LogP contribution in [-0.2, 0) is 28.1 Å². The molecule has 31 heavy (non-hydrogen) atoms. The second kappa shape index (κ2) is 8.09. The SMILES string of the molecule is Cc1c(Cc2[c]c(C(C)(C)C)cc(C(C)(C)C)c2C)[c]c(C(C)(C)C)cc1C(C)(C)C. The largest absolute Gasteiger partial charge is 0.0561 e. The molecule has 0 aliphatic rings. The lowest BCUT2D eigenvalue weighted by Gasteiger charge is -2.30. The van der Waals surface area contributed by atoms with E-state index in [0.717, 1.165) is 6.42 Å². The molecule has 2 radical (unpaired) electrons. The van der Waals surface area contributed by atoms with Gasteiger partial charge in [-0.25, -0.2) is 0 Å². The molecule has 0 spiro atoms. The van der Waals surface area contributed by atoms with Crippen LogP contribution < -0.4 is 0 Å². The zero-order chi connectivity index (χ0) is 24.2. The van der Waals surface area contributed by atoms with Crippen molar-refractivity contribution in [2.45, 2.75) is 125 Å². The number of hydrogen-bond donors (Lipinski definition) is 0.